The molecule has 0 spiro atoms. The molecule has 0 bridgehead atoms. The molecule has 2 aromatic carbocycles. The third kappa shape index (κ3) is 2.26. The standard InChI is InChI=1S/C13H12BrClN2/c1-7-11(16)6-10(15)12(13(7)17)8-3-2-4-9(14)5-8/h2-6H,16-17H2,1H3. The van der Waals surface area contributed by atoms with Crippen molar-refractivity contribution in [2.45, 2.75) is 6.92 Å². The van der Waals surface area contributed by atoms with Crippen molar-refractivity contribution in [2.24, 2.45) is 0 Å². The molecule has 2 aromatic rings. The molecule has 0 heterocycles. The highest BCUT2D eigenvalue weighted by Gasteiger charge is 2.12. The van der Waals surface area contributed by atoms with E-state index in [0.717, 1.165) is 21.2 Å². The van der Waals surface area contributed by atoms with Gasteiger partial charge in [-0.3, -0.25) is 0 Å². The van der Waals surface area contributed by atoms with Crippen LogP contribution in [0, 0.1) is 6.92 Å². The third-order valence-corrected chi connectivity index (χ3v) is 3.53. The highest BCUT2D eigenvalue weighted by Crippen LogP contribution is 2.38. The van der Waals surface area contributed by atoms with Gasteiger partial charge in [-0.2, -0.15) is 0 Å². The molecule has 0 saturated heterocycles. The maximum atomic E-state index is 6.22. The molecule has 88 valence electrons. The Morgan fingerprint density at radius 3 is 2.53 bits per heavy atom. The molecule has 0 unspecified atom stereocenters. The molecule has 0 amide bonds. The summed E-state index contributed by atoms with van der Waals surface area (Å²) < 4.78 is 0.986. The van der Waals surface area contributed by atoms with Crippen LogP contribution in [0.2, 0.25) is 5.02 Å². The molecule has 0 radical (unpaired) electrons. The summed E-state index contributed by atoms with van der Waals surface area (Å²) in [6.45, 7) is 1.89. The molecule has 2 rings (SSSR count). The lowest BCUT2D eigenvalue weighted by atomic mass is 9.99. The summed E-state index contributed by atoms with van der Waals surface area (Å²) in [4.78, 5) is 0. The van der Waals surface area contributed by atoms with E-state index in [9.17, 15) is 0 Å². The van der Waals surface area contributed by atoms with Crippen LogP contribution in [-0.4, -0.2) is 0 Å². The average Bonchev–Trinajstić information content (AvgIpc) is 2.26. The van der Waals surface area contributed by atoms with Gasteiger partial charge in [-0.1, -0.05) is 39.7 Å². The maximum Gasteiger partial charge on any atom is 0.0525 e. The fraction of sp³-hybridized carbons (Fsp3) is 0.0769. The number of benzene rings is 2. The molecule has 0 atom stereocenters. The zero-order valence-corrected chi connectivity index (χ0v) is 11.6. The van der Waals surface area contributed by atoms with Crippen LogP contribution in [0.5, 0.6) is 0 Å². The Hall–Kier alpha value is -1.19. The van der Waals surface area contributed by atoms with Gasteiger partial charge in [-0.25, -0.2) is 0 Å². The van der Waals surface area contributed by atoms with Crippen molar-refractivity contribution in [1.29, 1.82) is 0 Å². The molecule has 0 aromatic heterocycles. The Labute approximate surface area is 114 Å². The van der Waals surface area contributed by atoms with Gasteiger partial charge in [0.1, 0.15) is 0 Å². The second-order valence-corrected chi connectivity index (χ2v) is 5.19. The van der Waals surface area contributed by atoms with Crippen LogP contribution in [0.25, 0.3) is 11.1 Å². The molecule has 0 aliphatic rings. The van der Waals surface area contributed by atoms with Crippen molar-refractivity contribution in [3.8, 4) is 11.1 Å². The zero-order valence-electron chi connectivity index (χ0n) is 9.30. The van der Waals surface area contributed by atoms with Crippen molar-refractivity contribution >= 4 is 38.9 Å². The van der Waals surface area contributed by atoms with Crippen molar-refractivity contribution in [3.63, 3.8) is 0 Å². The van der Waals surface area contributed by atoms with Gasteiger partial charge in [0, 0.05) is 21.4 Å². The molecule has 4 N–H and O–H groups in total. The van der Waals surface area contributed by atoms with Gasteiger partial charge in [-0.15, -0.1) is 0 Å². The van der Waals surface area contributed by atoms with Crippen molar-refractivity contribution in [2.75, 3.05) is 11.5 Å². The Morgan fingerprint density at radius 1 is 1.18 bits per heavy atom. The largest absolute Gasteiger partial charge is 0.398 e. The van der Waals surface area contributed by atoms with Crippen LogP contribution in [0.15, 0.2) is 34.8 Å². The lowest BCUT2D eigenvalue weighted by Crippen LogP contribution is -1.99. The quantitative estimate of drug-likeness (QED) is 0.774. The molecule has 4 heteroatoms. The molecular weight excluding hydrogens is 300 g/mol. The fourth-order valence-electron chi connectivity index (χ4n) is 1.73. The smallest absolute Gasteiger partial charge is 0.0525 e. The first kappa shape index (κ1) is 12.3. The number of hydrogen-bond acceptors (Lipinski definition) is 2. The minimum absolute atomic E-state index is 0.573. The van der Waals surface area contributed by atoms with Crippen LogP contribution < -0.4 is 11.5 Å². The number of hydrogen-bond donors (Lipinski definition) is 2. The van der Waals surface area contributed by atoms with Gasteiger partial charge in [0.05, 0.1) is 5.02 Å². The van der Waals surface area contributed by atoms with E-state index in [0.29, 0.717) is 16.4 Å². The van der Waals surface area contributed by atoms with Gasteiger partial charge in [0.25, 0.3) is 0 Å². The van der Waals surface area contributed by atoms with E-state index >= 15 is 0 Å². The highest BCUT2D eigenvalue weighted by atomic mass is 79.9. The molecule has 17 heavy (non-hydrogen) atoms. The topological polar surface area (TPSA) is 52.0 Å². The second-order valence-electron chi connectivity index (χ2n) is 3.87. The van der Waals surface area contributed by atoms with Crippen LogP contribution in [0.4, 0.5) is 11.4 Å². The first-order valence-corrected chi connectivity index (χ1v) is 6.27. The monoisotopic (exact) mass is 310 g/mol. The van der Waals surface area contributed by atoms with Crippen molar-refractivity contribution in [3.05, 3.63) is 45.4 Å². The number of rotatable bonds is 1. The average molecular weight is 312 g/mol. The highest BCUT2D eigenvalue weighted by molar-refractivity contribution is 9.10. The summed E-state index contributed by atoms with van der Waals surface area (Å²) in [7, 11) is 0. The molecule has 2 nitrogen and oxygen atoms in total. The zero-order chi connectivity index (χ0) is 12.6. The van der Waals surface area contributed by atoms with Gasteiger partial charge in [0.15, 0.2) is 0 Å². The lowest BCUT2D eigenvalue weighted by Gasteiger charge is -2.13. The second kappa shape index (κ2) is 4.59. The first-order valence-electron chi connectivity index (χ1n) is 5.10. The predicted octanol–water partition coefficient (Wildman–Crippen LogP) is 4.24. The van der Waals surface area contributed by atoms with E-state index in [4.69, 9.17) is 23.1 Å². The van der Waals surface area contributed by atoms with E-state index in [-0.39, 0.29) is 0 Å². The Morgan fingerprint density at radius 2 is 1.88 bits per heavy atom. The Balaban J connectivity index is 2.72. The SMILES string of the molecule is Cc1c(N)cc(Cl)c(-c2cccc(Br)c2)c1N. The summed E-state index contributed by atoms with van der Waals surface area (Å²) in [5.41, 5.74) is 15.8. The van der Waals surface area contributed by atoms with Crippen LogP contribution >= 0.6 is 27.5 Å². The minimum Gasteiger partial charge on any atom is -0.398 e. The Kier molecular flexibility index (Phi) is 3.31. The number of halogens is 2. The van der Waals surface area contributed by atoms with E-state index in [2.05, 4.69) is 15.9 Å². The molecular formula is C13H12BrClN2. The molecule has 0 fully saturated rings. The van der Waals surface area contributed by atoms with E-state index < -0.39 is 0 Å². The van der Waals surface area contributed by atoms with Crippen LogP contribution in [0.3, 0.4) is 0 Å². The normalized spacial score (nSPS) is 10.5. The summed E-state index contributed by atoms with van der Waals surface area (Å²) in [5, 5.41) is 0.573. The van der Waals surface area contributed by atoms with Crippen molar-refractivity contribution in [1.82, 2.24) is 0 Å². The molecule has 0 aliphatic heterocycles. The first-order chi connectivity index (χ1) is 8.00. The summed E-state index contributed by atoms with van der Waals surface area (Å²) >= 11 is 9.65. The van der Waals surface area contributed by atoms with E-state index in [1.165, 1.54) is 0 Å². The van der Waals surface area contributed by atoms with Gasteiger partial charge < -0.3 is 11.5 Å². The van der Waals surface area contributed by atoms with Gasteiger partial charge in [0.2, 0.25) is 0 Å². The molecule has 0 aliphatic carbocycles. The summed E-state index contributed by atoms with van der Waals surface area (Å²) in [6.07, 6.45) is 0. The Bertz CT molecular complexity index is 582. The summed E-state index contributed by atoms with van der Waals surface area (Å²) in [5.74, 6) is 0. The van der Waals surface area contributed by atoms with Gasteiger partial charge >= 0.3 is 0 Å². The van der Waals surface area contributed by atoms with E-state index in [1.54, 1.807) is 6.07 Å². The predicted molar refractivity (Wildman–Crippen MR) is 78.1 cm³/mol. The lowest BCUT2D eigenvalue weighted by molar-refractivity contribution is 1.46. The minimum atomic E-state index is 0.573. The van der Waals surface area contributed by atoms with Crippen LogP contribution in [0.1, 0.15) is 5.56 Å². The number of anilines is 2. The molecule has 0 saturated carbocycles. The number of nitrogen functional groups attached to an aromatic ring is 2. The maximum absolute atomic E-state index is 6.22. The fourth-order valence-corrected chi connectivity index (χ4v) is 2.45. The van der Waals surface area contributed by atoms with Gasteiger partial charge in [-0.05, 0) is 36.2 Å². The number of nitrogens with two attached hydrogens (primary N) is 2. The third-order valence-electron chi connectivity index (χ3n) is 2.74. The summed E-state index contributed by atoms with van der Waals surface area (Å²) in [6, 6.07) is 9.59. The van der Waals surface area contributed by atoms with Crippen molar-refractivity contribution < 1.29 is 0 Å². The van der Waals surface area contributed by atoms with E-state index in [1.807, 2.05) is 31.2 Å². The van der Waals surface area contributed by atoms with Crippen LogP contribution in [-0.2, 0) is 0 Å².